The molecule has 1 amide bonds. The van der Waals surface area contributed by atoms with Gasteiger partial charge in [0, 0.05) is 12.5 Å². The molecule has 2 heteroatoms. The second kappa shape index (κ2) is 2.85. The Kier molecular flexibility index (Phi) is 2.09. The molecule has 0 unspecified atom stereocenters. The number of hydrogen-bond donors (Lipinski definition) is 0. The lowest BCUT2D eigenvalue weighted by atomic mass is 9.85. The van der Waals surface area contributed by atoms with Crippen molar-refractivity contribution in [3.8, 4) is 0 Å². The Bertz CT molecular complexity index is 107. The number of hydrogen-bond acceptors (Lipinski definition) is 1. The summed E-state index contributed by atoms with van der Waals surface area (Å²) >= 11 is 0. The van der Waals surface area contributed by atoms with Gasteiger partial charge < -0.3 is 0 Å². The zero-order valence-corrected chi connectivity index (χ0v) is 5.76. The van der Waals surface area contributed by atoms with Gasteiger partial charge >= 0.3 is 0 Å². The molecule has 0 aromatic rings. The molecule has 1 rings (SSSR count). The molecule has 9 heavy (non-hydrogen) atoms. The molecule has 0 aromatic carbocycles. The maximum atomic E-state index is 10.9. The number of rotatable bonds is 2. The highest BCUT2D eigenvalue weighted by Gasteiger charge is 2.24. The van der Waals surface area contributed by atoms with Crippen molar-refractivity contribution in [3.63, 3.8) is 0 Å². The molecule has 1 aliphatic carbocycles. The third kappa shape index (κ3) is 1.44. The smallest absolute Gasteiger partial charge is 0.244 e. The minimum Gasteiger partial charge on any atom is -0.273 e. The van der Waals surface area contributed by atoms with Gasteiger partial charge in [0.2, 0.25) is 5.91 Å². The molecule has 1 radical (unpaired) electrons. The molecule has 0 aromatic heterocycles. The largest absolute Gasteiger partial charge is 0.273 e. The molecule has 51 valence electrons. The fourth-order valence-corrected chi connectivity index (χ4v) is 0.940. The second-order valence-electron chi connectivity index (χ2n) is 2.44. The van der Waals surface area contributed by atoms with E-state index in [4.69, 9.17) is 0 Å². The average molecular weight is 126 g/mol. The van der Waals surface area contributed by atoms with Crippen LogP contribution in [0.5, 0.6) is 0 Å². The molecule has 1 saturated carbocycles. The van der Waals surface area contributed by atoms with Crippen LogP contribution in [0.1, 0.15) is 26.2 Å². The first kappa shape index (κ1) is 6.59. The van der Waals surface area contributed by atoms with Gasteiger partial charge in [-0.25, -0.2) is 0 Å². The van der Waals surface area contributed by atoms with E-state index in [0.29, 0.717) is 12.5 Å². The van der Waals surface area contributed by atoms with Crippen LogP contribution in [0.4, 0.5) is 0 Å². The summed E-state index contributed by atoms with van der Waals surface area (Å²) in [5.74, 6) is 0.425. The van der Waals surface area contributed by atoms with E-state index in [1.807, 2.05) is 6.92 Å². The van der Waals surface area contributed by atoms with Gasteiger partial charge in [0.15, 0.2) is 0 Å². The highest BCUT2D eigenvalue weighted by molar-refractivity contribution is 5.78. The monoisotopic (exact) mass is 126 g/mol. The summed E-state index contributed by atoms with van der Waals surface area (Å²) in [4.78, 5) is 10.9. The molecule has 0 bridgehead atoms. The van der Waals surface area contributed by atoms with E-state index in [1.165, 1.54) is 6.42 Å². The predicted molar refractivity (Wildman–Crippen MR) is 35.0 cm³/mol. The van der Waals surface area contributed by atoms with Gasteiger partial charge in [0.05, 0.1) is 0 Å². The van der Waals surface area contributed by atoms with Crippen LogP contribution in [0, 0.1) is 5.92 Å². The molecule has 0 spiro atoms. The van der Waals surface area contributed by atoms with Gasteiger partial charge in [-0.2, -0.15) is 0 Å². The minimum atomic E-state index is 0.128. The molecular formula is C7H12NO. The Morgan fingerprint density at radius 2 is 2.33 bits per heavy atom. The van der Waals surface area contributed by atoms with Crippen LogP contribution < -0.4 is 5.32 Å². The van der Waals surface area contributed by atoms with Crippen molar-refractivity contribution < 1.29 is 4.79 Å². The first-order chi connectivity index (χ1) is 4.34. The molecule has 0 saturated heterocycles. The number of amides is 1. The van der Waals surface area contributed by atoms with Crippen LogP contribution in [0.25, 0.3) is 0 Å². The molecule has 1 aliphatic rings. The van der Waals surface area contributed by atoms with E-state index in [0.717, 1.165) is 12.8 Å². The Labute approximate surface area is 55.6 Å². The zero-order valence-electron chi connectivity index (χ0n) is 5.76. The van der Waals surface area contributed by atoms with Gasteiger partial charge in [-0.3, -0.25) is 10.1 Å². The topological polar surface area (TPSA) is 31.2 Å². The zero-order chi connectivity index (χ0) is 6.69. The molecular weight excluding hydrogens is 114 g/mol. The summed E-state index contributed by atoms with van der Waals surface area (Å²) < 4.78 is 0. The van der Waals surface area contributed by atoms with Crippen molar-refractivity contribution in [2.24, 2.45) is 5.92 Å². The standard InChI is InChI=1S/C7H12NO/c1-2-8-7(9)6-4-3-5-6/h6H,2-5H2,1H3. The van der Waals surface area contributed by atoms with E-state index in [2.05, 4.69) is 5.32 Å². The lowest BCUT2D eigenvalue weighted by Crippen LogP contribution is -2.29. The third-order valence-electron chi connectivity index (χ3n) is 1.77. The van der Waals surface area contributed by atoms with E-state index in [1.54, 1.807) is 0 Å². The van der Waals surface area contributed by atoms with Crippen LogP contribution >= 0.6 is 0 Å². The van der Waals surface area contributed by atoms with Crippen molar-refractivity contribution in [2.75, 3.05) is 6.54 Å². The summed E-state index contributed by atoms with van der Waals surface area (Å²) in [5, 5.41) is 3.81. The van der Waals surface area contributed by atoms with E-state index in [9.17, 15) is 4.79 Å². The van der Waals surface area contributed by atoms with Gasteiger partial charge in [-0.1, -0.05) is 6.42 Å². The first-order valence-electron chi connectivity index (χ1n) is 3.56. The number of nitrogens with zero attached hydrogens (tertiary/aromatic N) is 1. The Hall–Kier alpha value is -0.530. The number of carbonyl (C=O) groups is 1. The molecule has 0 atom stereocenters. The number of carbonyl (C=O) groups excluding carboxylic acids is 1. The van der Waals surface area contributed by atoms with Crippen LogP contribution in [-0.2, 0) is 4.79 Å². The highest BCUT2D eigenvalue weighted by Crippen LogP contribution is 2.26. The Balaban J connectivity index is 2.16. The molecule has 2 nitrogen and oxygen atoms in total. The van der Waals surface area contributed by atoms with E-state index in [-0.39, 0.29) is 5.91 Å². The van der Waals surface area contributed by atoms with Crippen molar-refractivity contribution in [1.29, 1.82) is 0 Å². The summed E-state index contributed by atoms with van der Waals surface area (Å²) in [7, 11) is 0. The summed E-state index contributed by atoms with van der Waals surface area (Å²) in [6.07, 6.45) is 3.36. The summed E-state index contributed by atoms with van der Waals surface area (Å²) in [6, 6.07) is 0. The Morgan fingerprint density at radius 3 is 2.67 bits per heavy atom. The van der Waals surface area contributed by atoms with Crippen LogP contribution in [0.15, 0.2) is 0 Å². The quantitative estimate of drug-likeness (QED) is 0.541. The van der Waals surface area contributed by atoms with Crippen molar-refractivity contribution in [1.82, 2.24) is 5.32 Å². The first-order valence-corrected chi connectivity index (χ1v) is 3.56. The van der Waals surface area contributed by atoms with E-state index < -0.39 is 0 Å². The summed E-state index contributed by atoms with van der Waals surface area (Å²) in [6.45, 7) is 2.55. The lowest BCUT2D eigenvalue weighted by Gasteiger charge is -2.22. The highest BCUT2D eigenvalue weighted by atomic mass is 16.1. The van der Waals surface area contributed by atoms with E-state index >= 15 is 0 Å². The van der Waals surface area contributed by atoms with Gasteiger partial charge in [0.25, 0.3) is 0 Å². The minimum absolute atomic E-state index is 0.128. The van der Waals surface area contributed by atoms with Gasteiger partial charge in [-0.15, -0.1) is 0 Å². The maximum absolute atomic E-state index is 10.9. The van der Waals surface area contributed by atoms with Crippen molar-refractivity contribution >= 4 is 5.91 Å². The van der Waals surface area contributed by atoms with Gasteiger partial charge in [0.1, 0.15) is 0 Å². The molecule has 0 N–H and O–H groups in total. The lowest BCUT2D eigenvalue weighted by molar-refractivity contribution is -0.127. The fraction of sp³-hybridized carbons (Fsp3) is 0.857. The van der Waals surface area contributed by atoms with Crippen molar-refractivity contribution in [2.45, 2.75) is 26.2 Å². The summed E-state index contributed by atoms with van der Waals surface area (Å²) in [5.41, 5.74) is 0. The second-order valence-corrected chi connectivity index (χ2v) is 2.44. The average Bonchev–Trinajstić information content (AvgIpc) is 1.60. The maximum Gasteiger partial charge on any atom is 0.244 e. The van der Waals surface area contributed by atoms with Crippen LogP contribution in [0.2, 0.25) is 0 Å². The van der Waals surface area contributed by atoms with Crippen LogP contribution in [0.3, 0.4) is 0 Å². The SMILES string of the molecule is CC[N]C(=O)C1CCC1. The third-order valence-corrected chi connectivity index (χ3v) is 1.77. The van der Waals surface area contributed by atoms with Crippen LogP contribution in [-0.4, -0.2) is 12.5 Å². The Morgan fingerprint density at radius 1 is 1.67 bits per heavy atom. The molecule has 1 fully saturated rings. The van der Waals surface area contributed by atoms with Gasteiger partial charge in [-0.05, 0) is 19.8 Å². The van der Waals surface area contributed by atoms with Crippen molar-refractivity contribution in [3.05, 3.63) is 0 Å². The molecule has 0 heterocycles. The fourth-order valence-electron chi connectivity index (χ4n) is 0.940. The predicted octanol–water partition coefficient (Wildman–Crippen LogP) is 0.937. The molecule has 0 aliphatic heterocycles. The normalized spacial score (nSPS) is 18.8.